The van der Waals surface area contributed by atoms with E-state index in [2.05, 4.69) is 26.3 Å². The molecule has 0 saturated carbocycles. The smallest absolute Gasteiger partial charge is 0.137 e. The van der Waals surface area contributed by atoms with E-state index in [-0.39, 0.29) is 11.9 Å². The topological polar surface area (TPSA) is 50.9 Å². The quantitative estimate of drug-likeness (QED) is 0.562. The SMILES string of the molecule is NNC(c1ccc(F)c(Br)c1)c1cccc2cccnc12. The lowest BCUT2D eigenvalue weighted by molar-refractivity contribution is 0.611. The van der Waals surface area contributed by atoms with Crippen molar-refractivity contribution < 1.29 is 4.39 Å². The zero-order chi connectivity index (χ0) is 14.8. The van der Waals surface area contributed by atoms with Crippen LogP contribution in [0.4, 0.5) is 4.39 Å². The molecule has 0 saturated heterocycles. The minimum absolute atomic E-state index is 0.263. The molecule has 1 heterocycles. The van der Waals surface area contributed by atoms with Crippen LogP contribution in [0.5, 0.6) is 0 Å². The van der Waals surface area contributed by atoms with E-state index >= 15 is 0 Å². The third-order valence-electron chi connectivity index (χ3n) is 3.42. The number of hydrogen-bond donors (Lipinski definition) is 2. The van der Waals surface area contributed by atoms with Gasteiger partial charge in [-0.1, -0.05) is 30.3 Å². The molecule has 0 radical (unpaired) electrons. The lowest BCUT2D eigenvalue weighted by Gasteiger charge is -2.18. The maximum atomic E-state index is 13.4. The van der Waals surface area contributed by atoms with E-state index in [1.165, 1.54) is 6.07 Å². The third-order valence-corrected chi connectivity index (χ3v) is 4.03. The zero-order valence-corrected chi connectivity index (χ0v) is 12.6. The van der Waals surface area contributed by atoms with Crippen LogP contribution in [-0.4, -0.2) is 4.98 Å². The highest BCUT2D eigenvalue weighted by molar-refractivity contribution is 9.10. The number of nitrogens with two attached hydrogens (primary N) is 1. The summed E-state index contributed by atoms with van der Waals surface area (Å²) in [5, 5.41) is 1.04. The molecule has 0 amide bonds. The van der Waals surface area contributed by atoms with Crippen LogP contribution >= 0.6 is 15.9 Å². The van der Waals surface area contributed by atoms with Gasteiger partial charge in [-0.05, 0) is 39.7 Å². The molecule has 0 bridgehead atoms. The predicted molar refractivity (Wildman–Crippen MR) is 85.0 cm³/mol. The van der Waals surface area contributed by atoms with Crippen LogP contribution in [0.15, 0.2) is 59.2 Å². The summed E-state index contributed by atoms with van der Waals surface area (Å²) < 4.78 is 13.8. The van der Waals surface area contributed by atoms with Crippen LogP contribution in [0.1, 0.15) is 17.2 Å². The Kier molecular flexibility index (Phi) is 3.96. The second kappa shape index (κ2) is 5.89. The van der Waals surface area contributed by atoms with E-state index < -0.39 is 0 Å². The van der Waals surface area contributed by atoms with E-state index in [0.717, 1.165) is 22.0 Å². The van der Waals surface area contributed by atoms with Gasteiger partial charge < -0.3 is 0 Å². The first-order chi connectivity index (χ1) is 10.2. The van der Waals surface area contributed by atoms with E-state index in [1.54, 1.807) is 18.3 Å². The van der Waals surface area contributed by atoms with Gasteiger partial charge >= 0.3 is 0 Å². The zero-order valence-electron chi connectivity index (χ0n) is 11.1. The second-order valence-electron chi connectivity index (χ2n) is 4.70. The van der Waals surface area contributed by atoms with E-state index in [0.29, 0.717) is 4.47 Å². The highest BCUT2D eigenvalue weighted by Crippen LogP contribution is 2.29. The molecule has 3 aromatic rings. The molecule has 21 heavy (non-hydrogen) atoms. The number of fused-ring (bicyclic) bond motifs is 1. The maximum absolute atomic E-state index is 13.4. The molecule has 0 aliphatic carbocycles. The van der Waals surface area contributed by atoms with Crippen molar-refractivity contribution in [3.63, 3.8) is 0 Å². The van der Waals surface area contributed by atoms with Crippen molar-refractivity contribution in [1.29, 1.82) is 0 Å². The summed E-state index contributed by atoms with van der Waals surface area (Å²) in [6.07, 6.45) is 1.75. The van der Waals surface area contributed by atoms with Crippen LogP contribution < -0.4 is 11.3 Å². The molecule has 1 atom stereocenters. The number of para-hydroxylation sites is 1. The number of nitrogens with zero attached hydrogens (tertiary/aromatic N) is 1. The molecule has 0 spiro atoms. The lowest BCUT2D eigenvalue weighted by atomic mass is 9.97. The standard InChI is InChI=1S/C16H13BrFN3/c17-13-9-11(6-7-14(13)18)16(21-19)12-5-1-3-10-4-2-8-20-15(10)12/h1-9,16,21H,19H2. The molecule has 106 valence electrons. The molecule has 3 N–H and O–H groups in total. The van der Waals surface area contributed by atoms with E-state index in [4.69, 9.17) is 5.84 Å². The summed E-state index contributed by atoms with van der Waals surface area (Å²) in [4.78, 5) is 4.43. The Labute approximate surface area is 130 Å². The molecule has 5 heteroatoms. The average Bonchev–Trinajstić information content (AvgIpc) is 2.52. The highest BCUT2D eigenvalue weighted by Gasteiger charge is 2.17. The summed E-state index contributed by atoms with van der Waals surface area (Å²) in [6.45, 7) is 0. The van der Waals surface area contributed by atoms with E-state index in [9.17, 15) is 4.39 Å². The molecule has 0 aliphatic rings. The fourth-order valence-corrected chi connectivity index (χ4v) is 2.81. The summed E-state index contributed by atoms with van der Waals surface area (Å²) in [7, 11) is 0. The first-order valence-corrected chi connectivity index (χ1v) is 7.24. The van der Waals surface area contributed by atoms with Gasteiger partial charge in [0.1, 0.15) is 5.82 Å². The Balaban J connectivity index is 2.16. The van der Waals surface area contributed by atoms with Gasteiger partial charge in [0.2, 0.25) is 0 Å². The highest BCUT2D eigenvalue weighted by atomic mass is 79.9. The van der Waals surface area contributed by atoms with Crippen molar-refractivity contribution >= 4 is 26.8 Å². The monoisotopic (exact) mass is 345 g/mol. The number of aromatic nitrogens is 1. The summed E-state index contributed by atoms with van der Waals surface area (Å²) in [5.41, 5.74) is 5.49. The van der Waals surface area contributed by atoms with Crippen LogP contribution in [0.25, 0.3) is 10.9 Å². The summed E-state index contributed by atoms with van der Waals surface area (Å²) >= 11 is 3.21. The predicted octanol–water partition coefficient (Wildman–Crippen LogP) is 3.69. The Bertz CT molecular complexity index is 786. The normalized spacial score (nSPS) is 12.5. The van der Waals surface area contributed by atoms with Crippen molar-refractivity contribution in [3.8, 4) is 0 Å². The number of rotatable bonds is 3. The Morgan fingerprint density at radius 1 is 1.14 bits per heavy atom. The molecular weight excluding hydrogens is 333 g/mol. The van der Waals surface area contributed by atoms with Gasteiger partial charge in [0, 0.05) is 17.1 Å². The summed E-state index contributed by atoms with van der Waals surface area (Å²) in [6, 6.07) is 14.4. The largest absolute Gasteiger partial charge is 0.271 e. The molecule has 3 rings (SSSR count). The number of hydrogen-bond acceptors (Lipinski definition) is 3. The van der Waals surface area contributed by atoms with Crippen LogP contribution in [0.2, 0.25) is 0 Å². The number of benzene rings is 2. The van der Waals surface area contributed by atoms with Gasteiger partial charge in [0.15, 0.2) is 0 Å². The van der Waals surface area contributed by atoms with Crippen molar-refractivity contribution in [1.82, 2.24) is 10.4 Å². The van der Waals surface area contributed by atoms with Gasteiger partial charge in [-0.15, -0.1) is 0 Å². The van der Waals surface area contributed by atoms with Gasteiger partial charge in [-0.25, -0.2) is 9.82 Å². The Morgan fingerprint density at radius 2 is 1.95 bits per heavy atom. The van der Waals surface area contributed by atoms with Gasteiger partial charge in [-0.3, -0.25) is 10.8 Å². The number of nitrogens with one attached hydrogen (secondary N) is 1. The number of halogens is 2. The molecule has 3 nitrogen and oxygen atoms in total. The van der Waals surface area contributed by atoms with Crippen molar-refractivity contribution in [2.24, 2.45) is 5.84 Å². The molecular formula is C16H13BrFN3. The van der Waals surface area contributed by atoms with Gasteiger partial charge in [0.05, 0.1) is 16.0 Å². The Morgan fingerprint density at radius 3 is 2.71 bits per heavy atom. The molecule has 1 unspecified atom stereocenters. The minimum Gasteiger partial charge on any atom is -0.271 e. The first-order valence-electron chi connectivity index (χ1n) is 6.45. The van der Waals surface area contributed by atoms with Crippen molar-refractivity contribution in [3.05, 3.63) is 76.1 Å². The van der Waals surface area contributed by atoms with Crippen molar-refractivity contribution in [2.45, 2.75) is 6.04 Å². The molecule has 0 fully saturated rings. The van der Waals surface area contributed by atoms with E-state index in [1.807, 2.05) is 30.3 Å². The first kappa shape index (κ1) is 14.1. The number of hydrazine groups is 1. The third kappa shape index (κ3) is 2.68. The van der Waals surface area contributed by atoms with Crippen molar-refractivity contribution in [2.75, 3.05) is 0 Å². The van der Waals surface area contributed by atoms with Crippen LogP contribution in [0.3, 0.4) is 0 Å². The fourth-order valence-electron chi connectivity index (χ4n) is 2.42. The minimum atomic E-state index is -0.300. The van der Waals surface area contributed by atoms with Gasteiger partial charge in [0.25, 0.3) is 0 Å². The molecule has 2 aromatic carbocycles. The molecule has 0 aliphatic heterocycles. The lowest BCUT2D eigenvalue weighted by Crippen LogP contribution is -2.29. The fraction of sp³-hybridized carbons (Fsp3) is 0.0625. The van der Waals surface area contributed by atoms with Gasteiger partial charge in [-0.2, -0.15) is 0 Å². The van der Waals surface area contributed by atoms with Crippen LogP contribution in [-0.2, 0) is 0 Å². The average molecular weight is 346 g/mol. The second-order valence-corrected chi connectivity index (χ2v) is 5.55. The Hall–Kier alpha value is -1.82. The summed E-state index contributed by atoms with van der Waals surface area (Å²) in [5.74, 6) is 5.43. The van der Waals surface area contributed by atoms with Crippen LogP contribution in [0, 0.1) is 5.82 Å². The number of pyridine rings is 1. The maximum Gasteiger partial charge on any atom is 0.137 e. The molecule has 1 aromatic heterocycles.